The van der Waals surface area contributed by atoms with Gasteiger partial charge in [0, 0.05) is 6.54 Å². The van der Waals surface area contributed by atoms with Crippen molar-refractivity contribution in [1.29, 1.82) is 0 Å². The molecule has 0 amide bonds. The Balaban J connectivity index is 2.21. The number of halogens is 2. The van der Waals surface area contributed by atoms with Gasteiger partial charge in [-0.1, -0.05) is 12.1 Å². The second kappa shape index (κ2) is 5.63. The predicted molar refractivity (Wildman–Crippen MR) is 68.5 cm³/mol. The highest BCUT2D eigenvalue weighted by Gasteiger charge is 2.38. The largest absolute Gasteiger partial charge is 0.396 e. The lowest BCUT2D eigenvalue weighted by Crippen LogP contribution is -2.50. The Morgan fingerprint density at radius 1 is 1.35 bits per heavy atom. The number of hydrogen-bond donors (Lipinski definition) is 2. The fraction of sp³-hybridized carbons (Fsp3) is 0.500. The molecule has 1 aromatic carbocycles. The summed E-state index contributed by atoms with van der Waals surface area (Å²) in [5.41, 5.74) is -0.380. The standard InChI is InChI=1S/C12H15F2NO4S/c13-11(14)20(17,18)10-4-2-1-3-9(10)15-5-12(6-16)7-19-8-12/h1-4,11,15-16H,5-8H2. The zero-order chi connectivity index (χ0) is 14.8. The Labute approximate surface area is 115 Å². The fourth-order valence-electron chi connectivity index (χ4n) is 1.88. The summed E-state index contributed by atoms with van der Waals surface area (Å²) in [6.45, 7) is 0.823. The molecule has 0 aliphatic carbocycles. The summed E-state index contributed by atoms with van der Waals surface area (Å²) >= 11 is 0. The Kier molecular flexibility index (Phi) is 4.26. The molecule has 0 atom stereocenters. The third kappa shape index (κ3) is 2.77. The number of sulfone groups is 1. The van der Waals surface area contributed by atoms with Gasteiger partial charge in [-0.05, 0) is 12.1 Å². The van der Waals surface area contributed by atoms with Gasteiger partial charge >= 0.3 is 5.76 Å². The minimum atomic E-state index is -4.66. The second-order valence-electron chi connectivity index (χ2n) is 4.81. The zero-order valence-corrected chi connectivity index (χ0v) is 11.4. The predicted octanol–water partition coefficient (Wildman–Crippen LogP) is 1.10. The van der Waals surface area contributed by atoms with Crippen LogP contribution in [0.4, 0.5) is 14.5 Å². The van der Waals surface area contributed by atoms with E-state index in [0.29, 0.717) is 13.2 Å². The van der Waals surface area contributed by atoms with Crippen LogP contribution in [-0.4, -0.2) is 45.6 Å². The summed E-state index contributed by atoms with van der Waals surface area (Å²) in [7, 11) is -4.66. The smallest absolute Gasteiger partial charge is 0.341 e. The van der Waals surface area contributed by atoms with Crippen molar-refractivity contribution in [3.63, 3.8) is 0 Å². The van der Waals surface area contributed by atoms with E-state index in [9.17, 15) is 22.3 Å². The van der Waals surface area contributed by atoms with Crippen LogP contribution in [0.1, 0.15) is 0 Å². The van der Waals surface area contributed by atoms with Crippen molar-refractivity contribution in [2.45, 2.75) is 10.7 Å². The molecule has 1 aromatic rings. The molecule has 1 heterocycles. The minimum Gasteiger partial charge on any atom is -0.396 e. The number of hydrogen-bond acceptors (Lipinski definition) is 5. The first-order valence-corrected chi connectivity index (χ1v) is 7.49. The van der Waals surface area contributed by atoms with Gasteiger partial charge in [0.25, 0.3) is 0 Å². The van der Waals surface area contributed by atoms with Crippen LogP contribution in [-0.2, 0) is 14.6 Å². The summed E-state index contributed by atoms with van der Waals surface area (Å²) < 4.78 is 53.4. The van der Waals surface area contributed by atoms with E-state index >= 15 is 0 Å². The van der Waals surface area contributed by atoms with Crippen LogP contribution in [0.3, 0.4) is 0 Å². The Morgan fingerprint density at radius 3 is 2.50 bits per heavy atom. The molecule has 1 aliphatic heterocycles. The molecule has 20 heavy (non-hydrogen) atoms. The normalized spacial score (nSPS) is 17.8. The number of benzene rings is 1. The number of anilines is 1. The summed E-state index contributed by atoms with van der Waals surface area (Å²) in [4.78, 5) is -0.441. The van der Waals surface area contributed by atoms with E-state index in [2.05, 4.69) is 5.32 Å². The molecule has 0 saturated carbocycles. The van der Waals surface area contributed by atoms with Gasteiger partial charge in [-0.25, -0.2) is 8.42 Å². The van der Waals surface area contributed by atoms with E-state index in [0.717, 1.165) is 6.07 Å². The molecule has 1 fully saturated rings. The van der Waals surface area contributed by atoms with Gasteiger partial charge < -0.3 is 15.2 Å². The van der Waals surface area contributed by atoms with Gasteiger partial charge in [0.2, 0.25) is 9.84 Å². The van der Waals surface area contributed by atoms with Crippen molar-refractivity contribution in [3.05, 3.63) is 24.3 Å². The summed E-state index contributed by atoms with van der Waals surface area (Å²) in [6.07, 6.45) is 0. The van der Waals surface area contributed by atoms with Crippen LogP contribution >= 0.6 is 0 Å². The third-order valence-corrected chi connectivity index (χ3v) is 4.67. The lowest BCUT2D eigenvalue weighted by molar-refractivity contribution is -0.128. The molecule has 112 valence electrons. The van der Waals surface area contributed by atoms with Crippen LogP contribution in [0.15, 0.2) is 29.2 Å². The van der Waals surface area contributed by atoms with Crippen LogP contribution in [0, 0.1) is 5.41 Å². The SMILES string of the molecule is O=S(=O)(c1ccccc1NCC1(CO)COC1)C(F)F. The van der Waals surface area contributed by atoms with E-state index in [4.69, 9.17) is 4.74 Å². The highest BCUT2D eigenvalue weighted by molar-refractivity contribution is 7.91. The molecular formula is C12H15F2NO4S. The van der Waals surface area contributed by atoms with Crippen molar-refractivity contribution >= 4 is 15.5 Å². The van der Waals surface area contributed by atoms with Crippen LogP contribution in [0.25, 0.3) is 0 Å². The molecule has 0 spiro atoms. The quantitative estimate of drug-likeness (QED) is 0.823. The van der Waals surface area contributed by atoms with Crippen LogP contribution in [0.2, 0.25) is 0 Å². The van der Waals surface area contributed by atoms with E-state index < -0.39 is 25.9 Å². The molecule has 8 heteroatoms. The van der Waals surface area contributed by atoms with Crippen molar-refractivity contribution in [2.75, 3.05) is 31.7 Å². The first kappa shape index (κ1) is 15.1. The third-order valence-electron chi connectivity index (χ3n) is 3.23. The number of para-hydroxylation sites is 1. The Bertz CT molecular complexity index is 567. The molecule has 0 aromatic heterocycles. The number of rotatable bonds is 6. The minimum absolute atomic E-state index is 0.104. The molecule has 0 radical (unpaired) electrons. The Hall–Kier alpha value is -1.25. The van der Waals surface area contributed by atoms with Crippen molar-refractivity contribution in [1.82, 2.24) is 0 Å². The highest BCUT2D eigenvalue weighted by Crippen LogP contribution is 2.30. The highest BCUT2D eigenvalue weighted by atomic mass is 32.2. The molecular weight excluding hydrogens is 292 g/mol. The zero-order valence-electron chi connectivity index (χ0n) is 10.6. The number of ether oxygens (including phenoxy) is 1. The van der Waals surface area contributed by atoms with Crippen LogP contribution < -0.4 is 5.32 Å². The van der Waals surface area contributed by atoms with Crippen molar-refractivity contribution in [2.24, 2.45) is 5.41 Å². The molecule has 0 unspecified atom stereocenters. The average Bonchev–Trinajstić information content (AvgIpc) is 2.38. The number of aliphatic hydroxyl groups excluding tert-OH is 1. The summed E-state index contributed by atoms with van der Waals surface area (Å²) in [6, 6.07) is 5.48. The number of aliphatic hydroxyl groups is 1. The molecule has 2 N–H and O–H groups in total. The molecule has 2 rings (SSSR count). The molecule has 5 nitrogen and oxygen atoms in total. The van der Waals surface area contributed by atoms with Crippen molar-refractivity contribution < 1.29 is 27.0 Å². The van der Waals surface area contributed by atoms with Crippen LogP contribution in [0.5, 0.6) is 0 Å². The number of nitrogens with one attached hydrogen (secondary N) is 1. The summed E-state index contributed by atoms with van der Waals surface area (Å²) in [5.74, 6) is -3.47. The van der Waals surface area contributed by atoms with Crippen molar-refractivity contribution in [3.8, 4) is 0 Å². The second-order valence-corrected chi connectivity index (χ2v) is 6.69. The van der Waals surface area contributed by atoms with Gasteiger partial charge in [0.05, 0.1) is 35.8 Å². The van der Waals surface area contributed by atoms with Gasteiger partial charge in [0.1, 0.15) is 0 Å². The lowest BCUT2D eigenvalue weighted by Gasteiger charge is -2.40. The number of alkyl halides is 2. The maximum atomic E-state index is 12.6. The summed E-state index contributed by atoms with van der Waals surface area (Å²) in [5, 5.41) is 12.1. The monoisotopic (exact) mass is 307 g/mol. The van der Waals surface area contributed by atoms with Gasteiger partial charge in [-0.2, -0.15) is 8.78 Å². The Morgan fingerprint density at radius 2 is 2.00 bits per heavy atom. The van der Waals surface area contributed by atoms with E-state index in [-0.39, 0.29) is 18.8 Å². The molecule has 1 aliphatic rings. The van der Waals surface area contributed by atoms with E-state index in [1.54, 1.807) is 6.07 Å². The molecule has 1 saturated heterocycles. The lowest BCUT2D eigenvalue weighted by atomic mass is 9.87. The van der Waals surface area contributed by atoms with E-state index in [1.807, 2.05) is 0 Å². The maximum absolute atomic E-state index is 12.6. The van der Waals surface area contributed by atoms with Gasteiger partial charge in [0.15, 0.2) is 0 Å². The van der Waals surface area contributed by atoms with E-state index in [1.165, 1.54) is 12.1 Å². The average molecular weight is 307 g/mol. The first-order valence-electron chi connectivity index (χ1n) is 5.95. The fourth-order valence-corrected chi connectivity index (χ4v) is 2.79. The first-order chi connectivity index (χ1) is 9.41. The maximum Gasteiger partial charge on any atom is 0.341 e. The topological polar surface area (TPSA) is 75.6 Å². The van der Waals surface area contributed by atoms with Gasteiger partial charge in [-0.15, -0.1) is 0 Å². The van der Waals surface area contributed by atoms with Gasteiger partial charge in [-0.3, -0.25) is 0 Å². The molecule has 0 bridgehead atoms.